The summed E-state index contributed by atoms with van der Waals surface area (Å²) < 4.78 is 16.1. The minimum atomic E-state index is 0.0328. The van der Waals surface area contributed by atoms with Gasteiger partial charge in [-0.1, -0.05) is 25.1 Å². The normalized spacial score (nSPS) is 21.7. The molecule has 1 aromatic heterocycles. The van der Waals surface area contributed by atoms with E-state index >= 15 is 0 Å². The average Bonchev–Trinajstić information content (AvgIpc) is 3.31. The van der Waals surface area contributed by atoms with Gasteiger partial charge in [-0.15, -0.1) is 0 Å². The number of ether oxygens (including phenoxy) is 2. The molecule has 2 aliphatic rings. The van der Waals surface area contributed by atoms with Crippen LogP contribution in [0.1, 0.15) is 44.0 Å². The predicted molar refractivity (Wildman–Crippen MR) is 97.6 cm³/mol. The van der Waals surface area contributed by atoms with Crippen molar-refractivity contribution < 1.29 is 18.8 Å². The van der Waals surface area contributed by atoms with E-state index in [0.29, 0.717) is 31.1 Å². The minimum absolute atomic E-state index is 0.0328. The maximum atomic E-state index is 12.4. The Labute approximate surface area is 158 Å². The van der Waals surface area contributed by atoms with Crippen molar-refractivity contribution in [1.82, 2.24) is 15.0 Å². The number of rotatable bonds is 6. The zero-order valence-corrected chi connectivity index (χ0v) is 15.9. The Hall–Kier alpha value is -2.57. The largest absolute Gasteiger partial charge is 0.454 e. The highest BCUT2D eigenvalue weighted by Gasteiger charge is 2.35. The van der Waals surface area contributed by atoms with Crippen molar-refractivity contribution in [2.24, 2.45) is 5.41 Å². The van der Waals surface area contributed by atoms with Gasteiger partial charge >= 0.3 is 0 Å². The molecule has 7 nitrogen and oxygen atoms in total. The second-order valence-electron chi connectivity index (χ2n) is 7.70. The summed E-state index contributed by atoms with van der Waals surface area (Å²) in [7, 11) is 0. The fourth-order valence-electron chi connectivity index (χ4n) is 3.85. The number of aryl methyl sites for hydroxylation is 1. The van der Waals surface area contributed by atoms with Crippen molar-refractivity contribution in [2.45, 2.75) is 46.0 Å². The molecule has 0 aliphatic carbocycles. The number of carbonyl (C=O) groups is 1. The van der Waals surface area contributed by atoms with Crippen molar-refractivity contribution in [1.29, 1.82) is 0 Å². The lowest BCUT2D eigenvalue weighted by Crippen LogP contribution is -2.46. The quantitative estimate of drug-likeness (QED) is 0.777. The van der Waals surface area contributed by atoms with E-state index in [-0.39, 0.29) is 18.1 Å². The average molecular weight is 371 g/mol. The van der Waals surface area contributed by atoms with Gasteiger partial charge in [0.25, 0.3) is 0 Å². The summed E-state index contributed by atoms with van der Waals surface area (Å²) >= 11 is 0. The van der Waals surface area contributed by atoms with Crippen molar-refractivity contribution in [3.63, 3.8) is 0 Å². The summed E-state index contributed by atoms with van der Waals surface area (Å²) in [6, 6.07) is 6.11. The number of carbonyl (C=O) groups excluding carboxylic acids is 1. The molecule has 0 spiro atoms. The fourth-order valence-corrected chi connectivity index (χ4v) is 3.85. The molecule has 27 heavy (non-hydrogen) atoms. The highest BCUT2D eigenvalue weighted by Crippen LogP contribution is 2.37. The molecule has 3 heterocycles. The number of aromatic nitrogens is 2. The molecule has 1 atom stereocenters. The molecule has 2 aromatic rings. The Bertz CT molecular complexity index is 834. The SMILES string of the molecule is CCc1noc(CCN2C[C@@](C)(Cc3ccc4c(c3)OCO4)CCC2=O)n1. The van der Waals surface area contributed by atoms with E-state index in [0.717, 1.165) is 37.3 Å². The second-order valence-corrected chi connectivity index (χ2v) is 7.70. The summed E-state index contributed by atoms with van der Waals surface area (Å²) in [5.41, 5.74) is 1.24. The molecule has 0 unspecified atom stereocenters. The van der Waals surface area contributed by atoms with Gasteiger partial charge in [-0.2, -0.15) is 4.98 Å². The summed E-state index contributed by atoms with van der Waals surface area (Å²) in [6.07, 6.45) is 3.70. The van der Waals surface area contributed by atoms with Gasteiger partial charge in [0.15, 0.2) is 17.3 Å². The first kappa shape index (κ1) is 17.8. The van der Waals surface area contributed by atoms with Gasteiger partial charge in [0.05, 0.1) is 0 Å². The molecule has 0 N–H and O–H groups in total. The second kappa shape index (κ2) is 7.21. The van der Waals surface area contributed by atoms with E-state index in [2.05, 4.69) is 29.2 Å². The van der Waals surface area contributed by atoms with Crippen LogP contribution in [-0.4, -0.2) is 40.8 Å². The molecule has 144 valence electrons. The molecular weight excluding hydrogens is 346 g/mol. The van der Waals surface area contributed by atoms with Gasteiger partial charge in [0, 0.05) is 32.4 Å². The van der Waals surface area contributed by atoms with E-state index < -0.39 is 0 Å². The van der Waals surface area contributed by atoms with E-state index in [1.54, 1.807) is 0 Å². The lowest BCUT2D eigenvalue weighted by molar-refractivity contribution is -0.137. The minimum Gasteiger partial charge on any atom is -0.454 e. The van der Waals surface area contributed by atoms with Crippen molar-refractivity contribution in [3.05, 3.63) is 35.5 Å². The van der Waals surface area contributed by atoms with Crippen molar-refractivity contribution in [3.8, 4) is 11.5 Å². The van der Waals surface area contributed by atoms with Crippen molar-refractivity contribution in [2.75, 3.05) is 19.9 Å². The van der Waals surface area contributed by atoms with Gasteiger partial charge in [-0.3, -0.25) is 4.79 Å². The predicted octanol–water partition coefficient (Wildman–Crippen LogP) is 2.77. The smallest absolute Gasteiger partial charge is 0.231 e. The Morgan fingerprint density at radius 1 is 1.26 bits per heavy atom. The number of nitrogens with zero attached hydrogens (tertiary/aromatic N) is 3. The lowest BCUT2D eigenvalue weighted by Gasteiger charge is -2.40. The molecule has 0 saturated carbocycles. The summed E-state index contributed by atoms with van der Waals surface area (Å²) in [5, 5.41) is 3.92. The molecular formula is C20H25N3O4. The Kier molecular flexibility index (Phi) is 4.76. The van der Waals surface area contributed by atoms with Crippen LogP contribution in [-0.2, 0) is 24.1 Å². The zero-order chi connectivity index (χ0) is 18.9. The summed E-state index contributed by atoms with van der Waals surface area (Å²) in [4.78, 5) is 18.7. The molecule has 1 fully saturated rings. The maximum absolute atomic E-state index is 12.4. The fraction of sp³-hybridized carbons (Fsp3) is 0.550. The van der Waals surface area contributed by atoms with Gasteiger partial charge < -0.3 is 18.9 Å². The molecule has 7 heteroatoms. The number of hydrogen-bond acceptors (Lipinski definition) is 6. The third-order valence-corrected chi connectivity index (χ3v) is 5.36. The van der Waals surface area contributed by atoms with Crippen LogP contribution in [0.3, 0.4) is 0 Å². The number of fused-ring (bicyclic) bond motifs is 1. The molecule has 1 amide bonds. The molecule has 1 aromatic carbocycles. The van der Waals surface area contributed by atoms with Crippen LogP contribution in [0, 0.1) is 5.41 Å². The third-order valence-electron chi connectivity index (χ3n) is 5.36. The topological polar surface area (TPSA) is 77.7 Å². The Morgan fingerprint density at radius 3 is 2.93 bits per heavy atom. The van der Waals surface area contributed by atoms with Crippen LogP contribution in [0.5, 0.6) is 11.5 Å². The van der Waals surface area contributed by atoms with Crippen LogP contribution in [0.2, 0.25) is 0 Å². The highest BCUT2D eigenvalue weighted by atomic mass is 16.7. The van der Waals surface area contributed by atoms with Crippen molar-refractivity contribution >= 4 is 5.91 Å². The molecule has 0 bridgehead atoms. The number of hydrogen-bond donors (Lipinski definition) is 0. The maximum Gasteiger partial charge on any atom is 0.231 e. The Balaban J connectivity index is 1.40. The van der Waals surface area contributed by atoms with Crippen LogP contribution < -0.4 is 9.47 Å². The van der Waals surface area contributed by atoms with Crippen LogP contribution >= 0.6 is 0 Å². The van der Waals surface area contributed by atoms with E-state index in [1.807, 2.05) is 17.9 Å². The molecule has 0 radical (unpaired) electrons. The number of amides is 1. The molecule has 1 saturated heterocycles. The first-order valence-electron chi connectivity index (χ1n) is 9.52. The third kappa shape index (κ3) is 3.91. The van der Waals surface area contributed by atoms with E-state index in [1.165, 1.54) is 5.56 Å². The van der Waals surface area contributed by atoms with Gasteiger partial charge in [0.1, 0.15) is 0 Å². The first-order chi connectivity index (χ1) is 13.0. The van der Waals surface area contributed by atoms with Crippen LogP contribution in [0.15, 0.2) is 22.7 Å². The van der Waals surface area contributed by atoms with Gasteiger partial charge in [0.2, 0.25) is 18.6 Å². The van der Waals surface area contributed by atoms with Gasteiger partial charge in [-0.25, -0.2) is 0 Å². The number of piperidine rings is 1. The van der Waals surface area contributed by atoms with Crippen LogP contribution in [0.25, 0.3) is 0 Å². The summed E-state index contributed by atoms with van der Waals surface area (Å²) in [6.45, 7) is 5.87. The standard InChI is InChI=1S/C20H25N3O4/c1-3-17-21-18(27-22-17)7-9-23-12-20(2,8-6-19(23)24)11-14-4-5-15-16(10-14)26-13-25-15/h4-5,10H,3,6-9,11-13H2,1-2H3/t20-/m1/s1. The molecule has 4 rings (SSSR count). The zero-order valence-electron chi connectivity index (χ0n) is 15.9. The highest BCUT2D eigenvalue weighted by molar-refractivity contribution is 5.77. The van der Waals surface area contributed by atoms with E-state index in [4.69, 9.17) is 14.0 Å². The van der Waals surface area contributed by atoms with E-state index in [9.17, 15) is 4.79 Å². The number of likely N-dealkylation sites (tertiary alicyclic amines) is 1. The molecule has 2 aliphatic heterocycles. The van der Waals surface area contributed by atoms with Gasteiger partial charge in [-0.05, 0) is 36.0 Å². The monoisotopic (exact) mass is 371 g/mol. The van der Waals surface area contributed by atoms with Crippen LogP contribution in [0.4, 0.5) is 0 Å². The Morgan fingerprint density at radius 2 is 2.11 bits per heavy atom. The summed E-state index contributed by atoms with van der Waals surface area (Å²) in [5.74, 6) is 3.12. The first-order valence-corrected chi connectivity index (χ1v) is 9.52. The number of benzene rings is 1. The lowest BCUT2D eigenvalue weighted by atomic mass is 9.76.